The Balaban J connectivity index is 1.27. The zero-order valence-electron chi connectivity index (χ0n) is 22.0. The summed E-state index contributed by atoms with van der Waals surface area (Å²) in [6, 6.07) is 21.6. The van der Waals surface area contributed by atoms with Crippen LogP contribution in [-0.2, 0) is 19.4 Å². The topological polar surface area (TPSA) is 88.6 Å². The summed E-state index contributed by atoms with van der Waals surface area (Å²) in [7, 11) is -3.41. The molecule has 2 aromatic carbocycles. The maximum absolute atomic E-state index is 14.0. The first kappa shape index (κ1) is 26.2. The van der Waals surface area contributed by atoms with Crippen molar-refractivity contribution in [3.8, 4) is 11.1 Å². The van der Waals surface area contributed by atoms with Crippen molar-refractivity contribution in [2.45, 2.75) is 47.9 Å². The lowest BCUT2D eigenvalue weighted by molar-refractivity contribution is -0.144. The first-order valence-corrected chi connectivity index (χ1v) is 15.5. The van der Waals surface area contributed by atoms with Crippen LogP contribution in [0.5, 0.6) is 0 Å². The number of ether oxygens (including phenoxy) is 1. The summed E-state index contributed by atoms with van der Waals surface area (Å²) in [4.78, 5) is 20.5. The standard InChI is InChI=1S/C31H35N3O4S/c35-31(34-16-17-38-21-29(34)22-8-2-1-3-9-22)28-20-32-19-27(28)26-13-7-6-12-25(26)23-14-15-30(33-18-23)39(36,37)24-10-4-5-11-24/h1-3,6-9,12-15,18,24,27-29,32H,4-5,10-11,16-17,19-21H2/t27-,28+,29+/m0/s1. The number of carbonyl (C=O) groups excluding carboxylic acids is 1. The molecule has 204 valence electrons. The second-order valence-corrected chi connectivity index (χ2v) is 13.0. The van der Waals surface area contributed by atoms with E-state index in [1.165, 1.54) is 0 Å². The normalized spacial score (nSPS) is 24.2. The van der Waals surface area contributed by atoms with Gasteiger partial charge in [0.15, 0.2) is 14.9 Å². The van der Waals surface area contributed by atoms with E-state index in [4.69, 9.17) is 4.74 Å². The summed E-state index contributed by atoms with van der Waals surface area (Å²) in [5.41, 5.74) is 4.02. The van der Waals surface area contributed by atoms with Gasteiger partial charge < -0.3 is 15.0 Å². The molecule has 8 heteroatoms. The minimum absolute atomic E-state index is 0.00475. The summed E-state index contributed by atoms with van der Waals surface area (Å²) < 4.78 is 31.8. The number of hydrogen-bond donors (Lipinski definition) is 1. The van der Waals surface area contributed by atoms with Gasteiger partial charge in [-0.2, -0.15) is 0 Å². The van der Waals surface area contributed by atoms with Crippen LogP contribution in [-0.4, -0.2) is 62.3 Å². The Hall–Kier alpha value is -3.07. The molecule has 39 heavy (non-hydrogen) atoms. The Morgan fingerprint density at radius 3 is 2.49 bits per heavy atom. The largest absolute Gasteiger partial charge is 0.377 e. The molecule has 2 aliphatic heterocycles. The lowest BCUT2D eigenvalue weighted by Gasteiger charge is -2.38. The second-order valence-electron chi connectivity index (χ2n) is 10.8. The molecule has 1 amide bonds. The average Bonchev–Trinajstić information content (AvgIpc) is 3.71. The van der Waals surface area contributed by atoms with Crippen LogP contribution in [0.2, 0.25) is 0 Å². The predicted molar refractivity (Wildman–Crippen MR) is 150 cm³/mol. The van der Waals surface area contributed by atoms with Crippen molar-refractivity contribution in [3.63, 3.8) is 0 Å². The quantitative estimate of drug-likeness (QED) is 0.495. The highest BCUT2D eigenvalue weighted by Crippen LogP contribution is 2.38. The van der Waals surface area contributed by atoms with Gasteiger partial charge in [-0.15, -0.1) is 0 Å². The van der Waals surface area contributed by atoms with Gasteiger partial charge in [0.25, 0.3) is 0 Å². The molecular formula is C31H35N3O4S. The highest BCUT2D eigenvalue weighted by atomic mass is 32.2. The Morgan fingerprint density at radius 1 is 0.949 bits per heavy atom. The van der Waals surface area contributed by atoms with Crippen molar-refractivity contribution in [1.82, 2.24) is 15.2 Å². The summed E-state index contributed by atoms with van der Waals surface area (Å²) >= 11 is 0. The summed E-state index contributed by atoms with van der Waals surface area (Å²) in [6.45, 7) is 2.93. The molecular weight excluding hydrogens is 510 g/mol. The molecule has 1 saturated carbocycles. The van der Waals surface area contributed by atoms with Gasteiger partial charge >= 0.3 is 0 Å². The lowest BCUT2D eigenvalue weighted by Crippen LogP contribution is -2.47. The van der Waals surface area contributed by atoms with Crippen molar-refractivity contribution in [2.75, 3.05) is 32.8 Å². The van der Waals surface area contributed by atoms with E-state index in [1.54, 1.807) is 12.3 Å². The Morgan fingerprint density at radius 2 is 1.72 bits per heavy atom. The van der Waals surface area contributed by atoms with Crippen molar-refractivity contribution in [1.29, 1.82) is 0 Å². The number of pyridine rings is 1. The van der Waals surface area contributed by atoms with Gasteiger partial charge in [-0.05, 0) is 41.7 Å². The van der Waals surface area contributed by atoms with E-state index in [1.807, 2.05) is 47.4 Å². The van der Waals surface area contributed by atoms with E-state index >= 15 is 0 Å². The fraction of sp³-hybridized carbons (Fsp3) is 0.419. The highest BCUT2D eigenvalue weighted by molar-refractivity contribution is 7.92. The maximum atomic E-state index is 14.0. The molecule has 3 fully saturated rings. The number of carbonyl (C=O) groups is 1. The highest BCUT2D eigenvalue weighted by Gasteiger charge is 2.40. The number of rotatable bonds is 6. The van der Waals surface area contributed by atoms with Crippen LogP contribution in [0.1, 0.15) is 48.8 Å². The van der Waals surface area contributed by atoms with Crippen molar-refractivity contribution < 1.29 is 17.9 Å². The third-order valence-corrected chi connectivity index (χ3v) is 10.7. The van der Waals surface area contributed by atoms with Gasteiger partial charge in [-0.25, -0.2) is 13.4 Å². The number of sulfone groups is 1. The van der Waals surface area contributed by atoms with E-state index in [9.17, 15) is 13.2 Å². The fourth-order valence-electron chi connectivity index (χ4n) is 6.46. The average molecular weight is 546 g/mol. The predicted octanol–water partition coefficient (Wildman–Crippen LogP) is 4.37. The number of nitrogens with one attached hydrogen (secondary N) is 1. The molecule has 1 aliphatic carbocycles. The third-order valence-electron chi connectivity index (χ3n) is 8.57. The fourth-order valence-corrected chi connectivity index (χ4v) is 8.21. The second kappa shape index (κ2) is 11.2. The van der Waals surface area contributed by atoms with Gasteiger partial charge in [0.05, 0.1) is 30.4 Å². The van der Waals surface area contributed by atoms with Gasteiger partial charge in [0, 0.05) is 37.3 Å². The van der Waals surface area contributed by atoms with Crippen LogP contribution < -0.4 is 5.32 Å². The number of aromatic nitrogens is 1. The molecule has 7 nitrogen and oxygen atoms in total. The summed E-state index contributed by atoms with van der Waals surface area (Å²) in [5.74, 6) is -0.0617. The monoisotopic (exact) mass is 545 g/mol. The smallest absolute Gasteiger partial charge is 0.228 e. The minimum atomic E-state index is -3.41. The summed E-state index contributed by atoms with van der Waals surface area (Å²) in [6.07, 6.45) is 5.02. The zero-order valence-corrected chi connectivity index (χ0v) is 22.9. The van der Waals surface area contributed by atoms with Gasteiger partial charge in [-0.3, -0.25) is 4.79 Å². The van der Waals surface area contributed by atoms with Gasteiger partial charge in [0.2, 0.25) is 5.91 Å². The summed E-state index contributed by atoms with van der Waals surface area (Å²) in [5, 5.41) is 3.30. The van der Waals surface area contributed by atoms with Gasteiger partial charge in [-0.1, -0.05) is 67.4 Å². The molecule has 6 rings (SSSR count). The van der Waals surface area contributed by atoms with Crippen LogP contribution in [0.3, 0.4) is 0 Å². The molecule has 1 N–H and O–H groups in total. The van der Waals surface area contributed by atoms with E-state index in [0.29, 0.717) is 45.7 Å². The molecule has 3 aliphatic rings. The van der Waals surface area contributed by atoms with Crippen molar-refractivity contribution in [2.24, 2.45) is 5.92 Å². The van der Waals surface area contributed by atoms with Crippen LogP contribution in [0.15, 0.2) is 78.0 Å². The van der Waals surface area contributed by atoms with Gasteiger partial charge in [0.1, 0.15) is 0 Å². The molecule has 3 aromatic rings. The number of morpholine rings is 1. The van der Waals surface area contributed by atoms with E-state index in [0.717, 1.165) is 35.1 Å². The number of hydrogen-bond acceptors (Lipinski definition) is 6. The van der Waals surface area contributed by atoms with Crippen molar-refractivity contribution in [3.05, 3.63) is 84.1 Å². The number of nitrogens with zero attached hydrogens (tertiary/aromatic N) is 2. The molecule has 2 saturated heterocycles. The van der Waals surface area contributed by atoms with Crippen LogP contribution in [0.4, 0.5) is 0 Å². The third kappa shape index (κ3) is 5.13. The Kier molecular flexibility index (Phi) is 7.51. The maximum Gasteiger partial charge on any atom is 0.228 e. The van der Waals surface area contributed by atoms with E-state index in [-0.39, 0.29) is 34.1 Å². The molecule has 3 atom stereocenters. The van der Waals surface area contributed by atoms with Crippen LogP contribution in [0, 0.1) is 5.92 Å². The zero-order chi connectivity index (χ0) is 26.8. The SMILES string of the molecule is O=C([C@@H]1CNC[C@H]1c1ccccc1-c1ccc(S(=O)(=O)C2CCCC2)nc1)N1CCOC[C@@H]1c1ccccc1. The van der Waals surface area contributed by atoms with Crippen LogP contribution >= 0.6 is 0 Å². The molecule has 0 bridgehead atoms. The lowest BCUT2D eigenvalue weighted by atomic mass is 9.83. The number of amides is 1. The molecule has 0 spiro atoms. The molecule has 0 radical (unpaired) electrons. The first-order chi connectivity index (χ1) is 19.0. The minimum Gasteiger partial charge on any atom is -0.377 e. The molecule has 0 unspecified atom stereocenters. The Bertz CT molecular complexity index is 1410. The number of benzene rings is 2. The van der Waals surface area contributed by atoms with Crippen LogP contribution in [0.25, 0.3) is 11.1 Å². The first-order valence-electron chi connectivity index (χ1n) is 14.0. The molecule has 1 aromatic heterocycles. The molecule has 3 heterocycles. The van der Waals surface area contributed by atoms with E-state index in [2.05, 4.69) is 28.5 Å². The van der Waals surface area contributed by atoms with E-state index < -0.39 is 9.84 Å². The Labute approximate surface area is 230 Å². The van der Waals surface area contributed by atoms with Crippen molar-refractivity contribution >= 4 is 15.7 Å².